The summed E-state index contributed by atoms with van der Waals surface area (Å²) in [6.45, 7) is 6.11. The number of aromatic nitrogens is 2. The third-order valence-electron chi connectivity index (χ3n) is 6.65. The normalized spacial score (nSPS) is 14.2. The van der Waals surface area contributed by atoms with E-state index in [1.54, 1.807) is 11.3 Å². The number of amides is 1. The van der Waals surface area contributed by atoms with E-state index in [0.29, 0.717) is 41.2 Å². The monoisotopic (exact) mass is 540 g/mol. The summed E-state index contributed by atoms with van der Waals surface area (Å²) >= 11 is 3.05. The number of pyridine rings is 1. The third kappa shape index (κ3) is 5.35. The molecule has 1 aliphatic carbocycles. The summed E-state index contributed by atoms with van der Waals surface area (Å²) in [4.78, 5) is 35.0. The fourth-order valence-electron chi connectivity index (χ4n) is 4.89. The highest BCUT2D eigenvalue weighted by Crippen LogP contribution is 2.38. The van der Waals surface area contributed by atoms with E-state index in [9.17, 15) is 14.9 Å². The van der Waals surface area contributed by atoms with Crippen LogP contribution in [0.5, 0.6) is 0 Å². The second kappa shape index (κ2) is 10.7. The second-order valence-electron chi connectivity index (χ2n) is 10.2. The van der Waals surface area contributed by atoms with Crippen molar-refractivity contribution in [1.29, 1.82) is 5.26 Å². The van der Waals surface area contributed by atoms with Gasteiger partial charge in [0.15, 0.2) is 5.78 Å². The number of nitriles is 1. The molecule has 2 heterocycles. The van der Waals surface area contributed by atoms with Crippen LogP contribution in [0.4, 0.5) is 5.69 Å². The summed E-state index contributed by atoms with van der Waals surface area (Å²) in [7, 11) is 0. The summed E-state index contributed by atoms with van der Waals surface area (Å²) in [6.07, 6.45) is 2.04. The number of carbonyl (C=O) groups excluding carboxylic acids is 2. The van der Waals surface area contributed by atoms with E-state index in [-0.39, 0.29) is 23.5 Å². The summed E-state index contributed by atoms with van der Waals surface area (Å²) in [5.74, 6) is 0.451. The number of nitrogens with zero attached hydrogens (tertiary/aromatic N) is 3. The summed E-state index contributed by atoms with van der Waals surface area (Å²) < 4.78 is 1.15. The molecule has 0 fully saturated rings. The van der Waals surface area contributed by atoms with Crippen molar-refractivity contribution in [3.63, 3.8) is 0 Å². The van der Waals surface area contributed by atoms with E-state index in [0.717, 1.165) is 37.7 Å². The number of carbonyl (C=O) groups is 2. The first-order chi connectivity index (χ1) is 18.3. The number of nitrogens with one attached hydrogen (secondary N) is 1. The van der Waals surface area contributed by atoms with Gasteiger partial charge < -0.3 is 5.32 Å². The van der Waals surface area contributed by atoms with Crippen LogP contribution in [0.2, 0.25) is 0 Å². The van der Waals surface area contributed by atoms with E-state index >= 15 is 0 Å². The van der Waals surface area contributed by atoms with E-state index in [1.165, 1.54) is 11.8 Å². The van der Waals surface area contributed by atoms with Gasteiger partial charge in [0.2, 0.25) is 5.91 Å². The minimum atomic E-state index is -0.152. The van der Waals surface area contributed by atoms with E-state index < -0.39 is 0 Å². The maximum atomic E-state index is 12.9. The number of thiazole rings is 1. The minimum absolute atomic E-state index is 0.0715. The molecule has 0 saturated heterocycles. The Morgan fingerprint density at radius 1 is 1.13 bits per heavy atom. The molecule has 8 heteroatoms. The zero-order chi connectivity index (χ0) is 26.9. The van der Waals surface area contributed by atoms with Crippen LogP contribution >= 0.6 is 23.1 Å². The van der Waals surface area contributed by atoms with Gasteiger partial charge in [-0.1, -0.05) is 32.9 Å². The van der Waals surface area contributed by atoms with Gasteiger partial charge in [0, 0.05) is 35.4 Å². The quantitative estimate of drug-likeness (QED) is 0.252. The lowest BCUT2D eigenvalue weighted by atomic mass is 9.74. The van der Waals surface area contributed by atoms with Crippen molar-refractivity contribution >= 4 is 50.7 Å². The van der Waals surface area contributed by atoms with Crippen LogP contribution in [-0.4, -0.2) is 27.4 Å². The van der Waals surface area contributed by atoms with Gasteiger partial charge in [-0.3, -0.25) is 9.59 Å². The largest absolute Gasteiger partial charge is 0.326 e. The molecular weight excluding hydrogens is 512 g/mol. The number of hydrogen-bond donors (Lipinski definition) is 1. The van der Waals surface area contributed by atoms with Crippen molar-refractivity contribution in [3.8, 4) is 16.6 Å². The van der Waals surface area contributed by atoms with E-state index in [2.05, 4.69) is 36.3 Å². The number of benzene rings is 2. The van der Waals surface area contributed by atoms with Crippen molar-refractivity contribution < 1.29 is 9.59 Å². The number of rotatable bonds is 7. The van der Waals surface area contributed by atoms with Gasteiger partial charge in [-0.25, -0.2) is 9.97 Å². The highest BCUT2D eigenvalue weighted by molar-refractivity contribution is 7.99. The molecule has 4 aromatic rings. The van der Waals surface area contributed by atoms with Gasteiger partial charge in [-0.15, -0.1) is 23.1 Å². The van der Waals surface area contributed by atoms with Crippen molar-refractivity contribution in [1.82, 2.24) is 9.97 Å². The predicted octanol–water partition coefficient (Wildman–Crippen LogP) is 7.07. The Morgan fingerprint density at radius 3 is 2.61 bits per heavy atom. The van der Waals surface area contributed by atoms with Crippen LogP contribution in [0.25, 0.3) is 20.8 Å². The molecule has 0 atom stereocenters. The zero-order valence-electron chi connectivity index (χ0n) is 21.6. The number of hydrogen-bond acceptors (Lipinski definition) is 7. The van der Waals surface area contributed by atoms with Gasteiger partial charge in [0.25, 0.3) is 0 Å². The first-order valence-corrected chi connectivity index (χ1v) is 14.5. The molecule has 0 bridgehead atoms. The molecule has 1 aliphatic rings. The first-order valence-electron chi connectivity index (χ1n) is 12.7. The van der Waals surface area contributed by atoms with Crippen LogP contribution in [-0.2, 0) is 17.6 Å². The molecule has 2 aromatic carbocycles. The van der Waals surface area contributed by atoms with E-state index in [4.69, 9.17) is 4.98 Å². The Labute approximate surface area is 230 Å². The molecule has 0 radical (unpaired) electrons. The fraction of sp³-hybridized carbons (Fsp3) is 0.300. The third-order valence-corrected chi connectivity index (χ3v) is 8.71. The topological polar surface area (TPSA) is 95.7 Å². The zero-order valence-corrected chi connectivity index (χ0v) is 23.3. The number of ketones is 1. The lowest BCUT2D eigenvalue weighted by Gasteiger charge is -2.31. The van der Waals surface area contributed by atoms with Gasteiger partial charge in [0.1, 0.15) is 16.1 Å². The molecule has 38 heavy (non-hydrogen) atoms. The highest BCUT2D eigenvalue weighted by Gasteiger charge is 2.35. The van der Waals surface area contributed by atoms with Crippen molar-refractivity contribution in [3.05, 3.63) is 70.9 Å². The maximum Gasteiger partial charge on any atom is 0.225 e. The van der Waals surface area contributed by atoms with Crippen molar-refractivity contribution in [2.24, 2.45) is 5.41 Å². The van der Waals surface area contributed by atoms with Crippen LogP contribution in [0, 0.1) is 16.7 Å². The Hall–Kier alpha value is -3.54. The van der Waals surface area contributed by atoms with Gasteiger partial charge in [-0.2, -0.15) is 5.26 Å². The lowest BCUT2D eigenvalue weighted by Crippen LogP contribution is -2.29. The fourth-order valence-corrected chi connectivity index (χ4v) is 6.83. The SMILES string of the molecule is CCc1c(C#N)c(SCCC(=O)Nc2ccc(-c3nc4ccccc4s3)cc2)nc2c1C(=O)CC(C)(C)C2. The number of Topliss-reactive ketones (excluding diaryl/α,β-unsaturated/α-hetero) is 1. The molecule has 192 valence electrons. The molecule has 1 N–H and O–H groups in total. The molecule has 0 aliphatic heterocycles. The molecule has 6 nitrogen and oxygen atoms in total. The number of anilines is 1. The second-order valence-corrected chi connectivity index (χ2v) is 12.3. The van der Waals surface area contributed by atoms with E-state index in [1.807, 2.05) is 49.4 Å². The Kier molecular flexibility index (Phi) is 7.33. The number of fused-ring (bicyclic) bond motifs is 2. The van der Waals surface area contributed by atoms with Gasteiger partial charge >= 0.3 is 0 Å². The number of para-hydroxylation sites is 1. The standard InChI is InChI=1S/C30H28N4O2S2/c1-4-20-21(17-31)29(34-23-15-30(2,3)16-24(35)27(20)23)37-14-13-26(36)32-19-11-9-18(10-12-19)28-33-22-7-5-6-8-25(22)38-28/h5-12H,4,13-16H2,1-3H3,(H,32,36). The molecule has 0 unspecified atom stereocenters. The molecule has 0 spiro atoms. The predicted molar refractivity (Wildman–Crippen MR) is 154 cm³/mol. The van der Waals surface area contributed by atoms with Crippen LogP contribution in [0.3, 0.4) is 0 Å². The van der Waals surface area contributed by atoms with Crippen LogP contribution < -0.4 is 5.32 Å². The maximum absolute atomic E-state index is 12.9. The molecule has 5 rings (SSSR count). The lowest BCUT2D eigenvalue weighted by molar-refractivity contribution is -0.115. The first kappa shape index (κ1) is 26.1. The molecule has 0 saturated carbocycles. The number of thioether (sulfide) groups is 1. The van der Waals surface area contributed by atoms with Crippen LogP contribution in [0.1, 0.15) is 60.8 Å². The van der Waals surface area contributed by atoms with Crippen molar-refractivity contribution in [2.45, 2.75) is 51.5 Å². The van der Waals surface area contributed by atoms with Crippen molar-refractivity contribution in [2.75, 3.05) is 11.1 Å². The Morgan fingerprint density at radius 2 is 1.89 bits per heavy atom. The molecule has 2 aromatic heterocycles. The average molecular weight is 541 g/mol. The Balaban J connectivity index is 1.24. The average Bonchev–Trinajstić information content (AvgIpc) is 3.32. The smallest absolute Gasteiger partial charge is 0.225 e. The van der Waals surface area contributed by atoms with Crippen LogP contribution in [0.15, 0.2) is 53.6 Å². The highest BCUT2D eigenvalue weighted by atomic mass is 32.2. The summed E-state index contributed by atoms with van der Waals surface area (Å²) in [6, 6.07) is 18.0. The minimum Gasteiger partial charge on any atom is -0.326 e. The van der Waals surface area contributed by atoms with Gasteiger partial charge in [0.05, 0.1) is 21.5 Å². The molecule has 1 amide bonds. The van der Waals surface area contributed by atoms with Gasteiger partial charge in [-0.05, 0) is 60.2 Å². The summed E-state index contributed by atoms with van der Waals surface area (Å²) in [5.41, 5.74) is 5.24. The Bertz CT molecular complexity index is 1550. The summed E-state index contributed by atoms with van der Waals surface area (Å²) in [5, 5.41) is 14.4. The molecular formula is C30H28N4O2S2.